The van der Waals surface area contributed by atoms with Gasteiger partial charge < -0.3 is 26.2 Å². The first-order chi connectivity index (χ1) is 15.3. The summed E-state index contributed by atoms with van der Waals surface area (Å²) in [5.74, 6) is 0.513. The number of nitrogens with two attached hydrogens (primary N) is 2. The molecule has 0 spiro atoms. The van der Waals surface area contributed by atoms with Gasteiger partial charge in [0.1, 0.15) is 35.3 Å². The van der Waals surface area contributed by atoms with Crippen LogP contribution in [0.5, 0.6) is 0 Å². The Hall–Kier alpha value is -3.01. The summed E-state index contributed by atoms with van der Waals surface area (Å²) in [5.41, 5.74) is 12.9. The Bertz CT molecular complexity index is 1370. The van der Waals surface area contributed by atoms with Crippen LogP contribution in [0.25, 0.3) is 21.9 Å². The SMILES string of the molecule is CC(Cc1ccc2cc(Br)c(N)nc2c1)C1(O)C(O)C=CC1n1ccc2c(N)ncnc21. The Morgan fingerprint density at radius 2 is 1.97 bits per heavy atom. The van der Waals surface area contributed by atoms with E-state index in [2.05, 4.69) is 30.9 Å². The molecule has 8 nitrogen and oxygen atoms in total. The average Bonchev–Trinajstić information content (AvgIpc) is 3.32. The lowest BCUT2D eigenvalue weighted by molar-refractivity contribution is -0.103. The maximum absolute atomic E-state index is 11.8. The van der Waals surface area contributed by atoms with Gasteiger partial charge in [-0.05, 0) is 52.0 Å². The van der Waals surface area contributed by atoms with Gasteiger partial charge in [-0.25, -0.2) is 15.0 Å². The molecule has 3 heterocycles. The van der Waals surface area contributed by atoms with Crippen LogP contribution in [-0.4, -0.2) is 41.4 Å². The number of nitrogens with zero attached hydrogens (tertiary/aromatic N) is 4. The van der Waals surface area contributed by atoms with Crippen LogP contribution in [0.1, 0.15) is 18.5 Å². The quantitative estimate of drug-likeness (QED) is 0.320. The monoisotopic (exact) mass is 494 g/mol. The fraction of sp³-hybridized carbons (Fsp3) is 0.261. The molecule has 0 radical (unpaired) electrons. The highest BCUT2D eigenvalue weighted by atomic mass is 79.9. The van der Waals surface area contributed by atoms with Gasteiger partial charge in [-0.2, -0.15) is 0 Å². The fourth-order valence-electron chi connectivity index (χ4n) is 4.65. The van der Waals surface area contributed by atoms with Crippen LogP contribution < -0.4 is 11.5 Å². The number of hydrogen-bond acceptors (Lipinski definition) is 7. The van der Waals surface area contributed by atoms with Gasteiger partial charge in [0.15, 0.2) is 0 Å². The van der Waals surface area contributed by atoms with Crippen molar-refractivity contribution in [2.75, 3.05) is 11.5 Å². The number of pyridine rings is 1. The van der Waals surface area contributed by atoms with Gasteiger partial charge in [0.05, 0.1) is 21.4 Å². The van der Waals surface area contributed by atoms with E-state index in [4.69, 9.17) is 11.5 Å². The van der Waals surface area contributed by atoms with Crippen LogP contribution in [0, 0.1) is 5.92 Å². The van der Waals surface area contributed by atoms with Crippen molar-refractivity contribution < 1.29 is 10.2 Å². The first-order valence-corrected chi connectivity index (χ1v) is 11.1. The van der Waals surface area contributed by atoms with E-state index in [1.165, 1.54) is 6.33 Å². The van der Waals surface area contributed by atoms with E-state index in [0.29, 0.717) is 29.1 Å². The predicted molar refractivity (Wildman–Crippen MR) is 128 cm³/mol. The van der Waals surface area contributed by atoms with Crippen molar-refractivity contribution in [3.63, 3.8) is 0 Å². The van der Waals surface area contributed by atoms with Gasteiger partial charge in [-0.15, -0.1) is 0 Å². The standard InChI is InChI=1S/C23H23BrN6O2/c1-12(8-13-2-3-14-10-16(24)21(26)29-17(14)9-13)23(32)18(4-5-19(23)31)30-7-6-15-20(25)27-11-28-22(15)30/h2-7,9-12,18-19,31-32H,8H2,1H3,(H2,26,29)(H2,25,27,28). The number of aliphatic hydroxyl groups is 2. The summed E-state index contributed by atoms with van der Waals surface area (Å²) in [6.45, 7) is 1.94. The van der Waals surface area contributed by atoms with Crippen molar-refractivity contribution in [3.8, 4) is 0 Å². The summed E-state index contributed by atoms with van der Waals surface area (Å²) < 4.78 is 2.60. The molecule has 1 aliphatic carbocycles. The van der Waals surface area contributed by atoms with Crippen molar-refractivity contribution in [3.05, 3.63) is 65.0 Å². The zero-order valence-corrected chi connectivity index (χ0v) is 18.9. The molecule has 9 heteroatoms. The first kappa shape index (κ1) is 20.9. The van der Waals surface area contributed by atoms with Crippen LogP contribution in [-0.2, 0) is 6.42 Å². The van der Waals surface area contributed by atoms with Gasteiger partial charge in [-0.1, -0.05) is 31.2 Å². The molecule has 0 aliphatic heterocycles. The molecule has 4 unspecified atom stereocenters. The van der Waals surface area contributed by atoms with Crippen molar-refractivity contribution >= 4 is 49.5 Å². The Labute approximate surface area is 192 Å². The number of benzene rings is 1. The van der Waals surface area contributed by atoms with Gasteiger partial charge in [-0.3, -0.25) is 0 Å². The molecule has 1 aliphatic rings. The van der Waals surface area contributed by atoms with E-state index < -0.39 is 17.7 Å². The normalized spacial score (nSPS) is 23.9. The van der Waals surface area contributed by atoms with Crippen molar-refractivity contribution in [1.29, 1.82) is 0 Å². The number of aliphatic hydroxyl groups excluding tert-OH is 1. The number of nitrogen functional groups attached to an aromatic ring is 2. The third-order valence-corrected chi connectivity index (χ3v) is 7.09. The van der Waals surface area contributed by atoms with Crippen LogP contribution in [0.4, 0.5) is 11.6 Å². The maximum Gasteiger partial charge on any atom is 0.146 e. The summed E-state index contributed by atoms with van der Waals surface area (Å²) in [6.07, 6.45) is 6.19. The fourth-order valence-corrected chi connectivity index (χ4v) is 4.99. The number of fused-ring (bicyclic) bond motifs is 2. The van der Waals surface area contributed by atoms with Crippen molar-refractivity contribution in [2.24, 2.45) is 5.92 Å². The van der Waals surface area contributed by atoms with Gasteiger partial charge in [0.2, 0.25) is 0 Å². The highest BCUT2D eigenvalue weighted by Gasteiger charge is 2.50. The van der Waals surface area contributed by atoms with Gasteiger partial charge in [0.25, 0.3) is 0 Å². The zero-order chi connectivity index (χ0) is 22.6. The molecule has 4 aromatic rings. The molecule has 0 amide bonds. The summed E-state index contributed by atoms with van der Waals surface area (Å²) in [6, 6.07) is 9.22. The van der Waals surface area contributed by atoms with Crippen LogP contribution in [0.2, 0.25) is 0 Å². The molecule has 0 saturated heterocycles. The third-order valence-electron chi connectivity index (χ3n) is 6.46. The molecule has 164 valence electrons. The lowest BCUT2D eigenvalue weighted by Gasteiger charge is -2.39. The molecule has 0 saturated carbocycles. The molecular formula is C23H23BrN6O2. The van der Waals surface area contributed by atoms with E-state index >= 15 is 0 Å². The maximum atomic E-state index is 11.8. The van der Waals surface area contributed by atoms with E-state index in [0.717, 1.165) is 20.9 Å². The van der Waals surface area contributed by atoms with Crippen molar-refractivity contribution in [2.45, 2.75) is 31.1 Å². The molecular weight excluding hydrogens is 472 g/mol. The lowest BCUT2D eigenvalue weighted by atomic mass is 9.78. The Kier molecular flexibility index (Phi) is 4.92. The Morgan fingerprint density at radius 1 is 1.16 bits per heavy atom. The highest BCUT2D eigenvalue weighted by molar-refractivity contribution is 9.10. The molecule has 0 fully saturated rings. The molecule has 1 aromatic carbocycles. The van der Waals surface area contributed by atoms with E-state index in [1.54, 1.807) is 6.08 Å². The van der Waals surface area contributed by atoms with Crippen LogP contribution in [0.3, 0.4) is 0 Å². The smallest absolute Gasteiger partial charge is 0.146 e. The summed E-state index contributed by atoms with van der Waals surface area (Å²) >= 11 is 3.41. The second-order valence-electron chi connectivity index (χ2n) is 8.37. The van der Waals surface area contributed by atoms with Crippen LogP contribution in [0.15, 0.2) is 59.5 Å². The van der Waals surface area contributed by atoms with E-state index in [-0.39, 0.29) is 5.92 Å². The number of anilines is 2. The number of rotatable bonds is 4. The van der Waals surface area contributed by atoms with Gasteiger partial charge >= 0.3 is 0 Å². The minimum Gasteiger partial charge on any atom is -0.386 e. The minimum atomic E-state index is -1.44. The second kappa shape index (κ2) is 7.54. The number of hydrogen-bond donors (Lipinski definition) is 4. The minimum absolute atomic E-state index is 0.292. The van der Waals surface area contributed by atoms with Gasteiger partial charge in [0, 0.05) is 11.6 Å². The lowest BCUT2D eigenvalue weighted by Crippen LogP contribution is -2.50. The third kappa shape index (κ3) is 3.16. The van der Waals surface area contributed by atoms with Crippen LogP contribution >= 0.6 is 15.9 Å². The zero-order valence-electron chi connectivity index (χ0n) is 17.4. The highest BCUT2D eigenvalue weighted by Crippen LogP contribution is 2.43. The Morgan fingerprint density at radius 3 is 2.78 bits per heavy atom. The Balaban J connectivity index is 1.49. The first-order valence-electron chi connectivity index (χ1n) is 10.3. The molecule has 3 aromatic heterocycles. The molecule has 4 atom stereocenters. The summed E-state index contributed by atoms with van der Waals surface area (Å²) in [7, 11) is 0. The van der Waals surface area contributed by atoms with Crippen molar-refractivity contribution in [1.82, 2.24) is 19.5 Å². The number of aromatic nitrogens is 4. The molecule has 0 bridgehead atoms. The second-order valence-corrected chi connectivity index (χ2v) is 9.22. The largest absolute Gasteiger partial charge is 0.386 e. The predicted octanol–water partition coefficient (Wildman–Crippen LogP) is 2.99. The summed E-state index contributed by atoms with van der Waals surface area (Å²) in [5, 5.41) is 24.3. The van der Waals surface area contributed by atoms with E-state index in [9.17, 15) is 10.2 Å². The average molecular weight is 495 g/mol. The molecule has 32 heavy (non-hydrogen) atoms. The van der Waals surface area contributed by atoms with E-state index in [1.807, 2.05) is 54.1 Å². The summed E-state index contributed by atoms with van der Waals surface area (Å²) in [4.78, 5) is 12.8. The number of halogens is 1. The topological polar surface area (TPSA) is 136 Å². The molecule has 5 rings (SSSR count). The molecule has 6 N–H and O–H groups in total.